The van der Waals surface area contributed by atoms with E-state index in [-0.39, 0.29) is 13.0 Å². The Morgan fingerprint density at radius 3 is 2.68 bits per heavy atom. The summed E-state index contributed by atoms with van der Waals surface area (Å²) in [6.07, 6.45) is -0.0546. The van der Waals surface area contributed by atoms with Gasteiger partial charge in [-0.05, 0) is 37.6 Å². The molecule has 0 fully saturated rings. The van der Waals surface area contributed by atoms with Crippen molar-refractivity contribution >= 4 is 11.9 Å². The number of hydrogen-bond acceptors (Lipinski definition) is 5. The van der Waals surface area contributed by atoms with Gasteiger partial charge in [-0.3, -0.25) is 9.59 Å². The van der Waals surface area contributed by atoms with Gasteiger partial charge in [-0.25, -0.2) is 0 Å². The molecule has 25 heavy (non-hydrogen) atoms. The van der Waals surface area contributed by atoms with Crippen LogP contribution in [-0.2, 0) is 26.3 Å². The molecular formula is C20H20O5. The number of ether oxygens (including phenoxy) is 3. The lowest BCUT2D eigenvalue weighted by Gasteiger charge is -2.32. The normalized spacial score (nSPS) is 18.9. The maximum atomic E-state index is 12.4. The number of benzene rings is 2. The van der Waals surface area contributed by atoms with Crippen LogP contribution in [-0.4, -0.2) is 18.5 Å². The first kappa shape index (κ1) is 17.0. The zero-order valence-electron chi connectivity index (χ0n) is 14.3. The number of carbonyl (C=O) groups excluding carboxylic acids is 2. The monoisotopic (exact) mass is 340 g/mol. The SMILES string of the molecule is CCOC(=O)C1(C)CC(=O)Oc2ccc(OCc3ccccc3)cc21. The maximum Gasteiger partial charge on any atom is 0.317 e. The molecule has 5 nitrogen and oxygen atoms in total. The highest BCUT2D eigenvalue weighted by atomic mass is 16.5. The van der Waals surface area contributed by atoms with Crippen molar-refractivity contribution in [1.29, 1.82) is 0 Å². The average molecular weight is 340 g/mol. The molecule has 130 valence electrons. The molecule has 5 heteroatoms. The topological polar surface area (TPSA) is 61.8 Å². The van der Waals surface area contributed by atoms with E-state index in [0.29, 0.717) is 23.7 Å². The van der Waals surface area contributed by atoms with Crippen LogP contribution in [0.4, 0.5) is 0 Å². The Morgan fingerprint density at radius 2 is 1.96 bits per heavy atom. The molecule has 2 aromatic rings. The van der Waals surface area contributed by atoms with Crippen molar-refractivity contribution in [3.05, 3.63) is 59.7 Å². The first-order valence-corrected chi connectivity index (χ1v) is 8.22. The van der Waals surface area contributed by atoms with Crippen molar-refractivity contribution < 1.29 is 23.8 Å². The largest absolute Gasteiger partial charge is 0.489 e. The van der Waals surface area contributed by atoms with Crippen LogP contribution in [0.1, 0.15) is 31.4 Å². The number of carbonyl (C=O) groups is 2. The Morgan fingerprint density at radius 1 is 1.20 bits per heavy atom. The third kappa shape index (κ3) is 3.50. The summed E-state index contributed by atoms with van der Waals surface area (Å²) in [7, 11) is 0. The second kappa shape index (κ2) is 6.97. The van der Waals surface area contributed by atoms with Crippen molar-refractivity contribution in [2.45, 2.75) is 32.3 Å². The molecule has 0 N–H and O–H groups in total. The van der Waals surface area contributed by atoms with Gasteiger partial charge in [-0.2, -0.15) is 0 Å². The Kier molecular flexibility index (Phi) is 4.74. The lowest BCUT2D eigenvalue weighted by atomic mass is 9.77. The summed E-state index contributed by atoms with van der Waals surface area (Å²) < 4.78 is 16.3. The van der Waals surface area contributed by atoms with E-state index in [1.165, 1.54) is 0 Å². The molecule has 0 aromatic heterocycles. The summed E-state index contributed by atoms with van der Waals surface area (Å²) in [5.74, 6) is 0.101. The maximum absolute atomic E-state index is 12.4. The van der Waals surface area contributed by atoms with Gasteiger partial charge in [-0.15, -0.1) is 0 Å². The van der Waals surface area contributed by atoms with Gasteiger partial charge < -0.3 is 14.2 Å². The van der Waals surface area contributed by atoms with Gasteiger partial charge in [0.1, 0.15) is 23.5 Å². The van der Waals surface area contributed by atoms with Gasteiger partial charge in [0, 0.05) is 5.56 Å². The average Bonchev–Trinajstić information content (AvgIpc) is 2.61. The highest BCUT2D eigenvalue weighted by Gasteiger charge is 2.45. The predicted octanol–water partition coefficient (Wildman–Crippen LogP) is 3.40. The molecular weight excluding hydrogens is 320 g/mol. The van der Waals surface area contributed by atoms with E-state index in [0.717, 1.165) is 5.56 Å². The standard InChI is InChI=1S/C20H20O5/c1-3-23-19(22)20(2)12-18(21)25-17-10-9-15(11-16(17)20)24-13-14-7-5-4-6-8-14/h4-11H,3,12-13H2,1-2H3. The number of fused-ring (bicyclic) bond motifs is 1. The third-order valence-corrected chi connectivity index (χ3v) is 4.24. The van der Waals surface area contributed by atoms with Gasteiger partial charge in [0.05, 0.1) is 13.0 Å². The number of esters is 2. The summed E-state index contributed by atoms with van der Waals surface area (Å²) in [4.78, 5) is 24.3. The van der Waals surface area contributed by atoms with E-state index < -0.39 is 17.4 Å². The molecule has 0 aliphatic carbocycles. The van der Waals surface area contributed by atoms with E-state index in [4.69, 9.17) is 14.2 Å². The van der Waals surface area contributed by atoms with Crippen LogP contribution in [0.3, 0.4) is 0 Å². The van der Waals surface area contributed by atoms with E-state index >= 15 is 0 Å². The quantitative estimate of drug-likeness (QED) is 0.617. The molecule has 1 heterocycles. The van der Waals surface area contributed by atoms with E-state index in [2.05, 4.69) is 0 Å². The number of hydrogen-bond donors (Lipinski definition) is 0. The molecule has 0 radical (unpaired) electrons. The second-order valence-electron chi connectivity index (χ2n) is 6.14. The van der Waals surface area contributed by atoms with Crippen molar-refractivity contribution in [3.63, 3.8) is 0 Å². The van der Waals surface area contributed by atoms with Crippen molar-refractivity contribution in [3.8, 4) is 11.5 Å². The van der Waals surface area contributed by atoms with Crippen LogP contribution in [0.5, 0.6) is 11.5 Å². The molecule has 0 spiro atoms. The van der Waals surface area contributed by atoms with E-state index in [1.807, 2.05) is 30.3 Å². The smallest absolute Gasteiger partial charge is 0.317 e. The zero-order chi connectivity index (χ0) is 17.9. The highest BCUT2D eigenvalue weighted by Crippen LogP contribution is 2.42. The summed E-state index contributed by atoms with van der Waals surface area (Å²) in [6.45, 7) is 4.10. The zero-order valence-corrected chi connectivity index (χ0v) is 14.3. The predicted molar refractivity (Wildman–Crippen MR) is 91.5 cm³/mol. The molecule has 0 bridgehead atoms. The van der Waals surface area contributed by atoms with Crippen LogP contribution < -0.4 is 9.47 Å². The van der Waals surface area contributed by atoms with Crippen molar-refractivity contribution in [1.82, 2.24) is 0 Å². The minimum Gasteiger partial charge on any atom is -0.489 e. The summed E-state index contributed by atoms with van der Waals surface area (Å²) in [5.41, 5.74) is 0.572. The van der Waals surface area contributed by atoms with Gasteiger partial charge in [-0.1, -0.05) is 30.3 Å². The molecule has 1 unspecified atom stereocenters. The Bertz CT molecular complexity index is 784. The first-order valence-electron chi connectivity index (χ1n) is 8.22. The molecule has 0 amide bonds. The van der Waals surface area contributed by atoms with Crippen LogP contribution >= 0.6 is 0 Å². The number of rotatable bonds is 5. The summed E-state index contributed by atoms with van der Waals surface area (Å²) in [5, 5.41) is 0. The molecule has 2 aromatic carbocycles. The van der Waals surface area contributed by atoms with Gasteiger partial charge in [0.2, 0.25) is 0 Å². The lowest BCUT2D eigenvalue weighted by Crippen LogP contribution is -2.41. The molecule has 3 rings (SSSR count). The molecule has 1 aliphatic rings. The van der Waals surface area contributed by atoms with E-state index in [9.17, 15) is 9.59 Å². The fourth-order valence-electron chi connectivity index (χ4n) is 2.88. The minimum atomic E-state index is -1.08. The summed E-state index contributed by atoms with van der Waals surface area (Å²) >= 11 is 0. The van der Waals surface area contributed by atoms with Crippen molar-refractivity contribution in [2.24, 2.45) is 0 Å². The molecule has 1 aliphatic heterocycles. The van der Waals surface area contributed by atoms with Gasteiger partial charge in [0.25, 0.3) is 0 Å². The van der Waals surface area contributed by atoms with Crippen LogP contribution in [0.15, 0.2) is 48.5 Å². The second-order valence-corrected chi connectivity index (χ2v) is 6.14. The Labute approximate surface area is 146 Å². The molecule has 0 saturated heterocycles. The van der Waals surface area contributed by atoms with Crippen LogP contribution in [0, 0.1) is 0 Å². The van der Waals surface area contributed by atoms with Gasteiger partial charge >= 0.3 is 11.9 Å². The van der Waals surface area contributed by atoms with Gasteiger partial charge in [0.15, 0.2) is 0 Å². The fourth-order valence-corrected chi connectivity index (χ4v) is 2.88. The highest BCUT2D eigenvalue weighted by molar-refractivity contribution is 5.92. The lowest BCUT2D eigenvalue weighted by molar-refractivity contribution is -0.155. The Hall–Kier alpha value is -2.82. The first-order chi connectivity index (χ1) is 12.0. The molecule has 1 atom stereocenters. The van der Waals surface area contributed by atoms with Crippen molar-refractivity contribution in [2.75, 3.05) is 6.61 Å². The Balaban J connectivity index is 1.88. The van der Waals surface area contributed by atoms with Crippen LogP contribution in [0.2, 0.25) is 0 Å². The molecule has 0 saturated carbocycles. The van der Waals surface area contributed by atoms with E-state index in [1.54, 1.807) is 32.0 Å². The fraction of sp³-hybridized carbons (Fsp3) is 0.300. The third-order valence-electron chi connectivity index (χ3n) is 4.24. The summed E-state index contributed by atoms with van der Waals surface area (Å²) in [6, 6.07) is 14.9. The van der Waals surface area contributed by atoms with Crippen LogP contribution in [0.25, 0.3) is 0 Å². The minimum absolute atomic E-state index is 0.0546.